The molecule has 1 aromatic heterocycles. The second-order valence-electron chi connectivity index (χ2n) is 5.88. The summed E-state index contributed by atoms with van der Waals surface area (Å²) in [7, 11) is 0. The van der Waals surface area contributed by atoms with E-state index in [-0.39, 0.29) is 6.04 Å². The molecule has 0 bridgehead atoms. The highest BCUT2D eigenvalue weighted by Gasteiger charge is 2.24. The molecule has 1 atom stereocenters. The molecule has 1 unspecified atom stereocenters. The van der Waals surface area contributed by atoms with Crippen molar-refractivity contribution in [3.63, 3.8) is 0 Å². The molecule has 1 saturated carbocycles. The standard InChI is InChI=1S/C18H23N3/c19-21-18(11-10-14-5-4-12-20-13-14)17-9-2-1-8-16(17)15-6-3-7-15/h1-2,4-5,8-9,12-13,15,18,21H,3,6-7,10-11,19H2. The molecular weight excluding hydrogens is 258 g/mol. The summed E-state index contributed by atoms with van der Waals surface area (Å²) in [5.41, 5.74) is 7.13. The van der Waals surface area contributed by atoms with Crippen LogP contribution in [-0.4, -0.2) is 4.98 Å². The minimum Gasteiger partial charge on any atom is -0.271 e. The maximum atomic E-state index is 5.83. The average molecular weight is 281 g/mol. The number of nitrogens with zero attached hydrogens (tertiary/aromatic N) is 1. The molecular formula is C18H23N3. The van der Waals surface area contributed by atoms with Crippen molar-refractivity contribution in [3.05, 3.63) is 65.5 Å². The Morgan fingerprint density at radius 2 is 2.05 bits per heavy atom. The zero-order valence-corrected chi connectivity index (χ0v) is 12.3. The van der Waals surface area contributed by atoms with Crippen LogP contribution in [0.5, 0.6) is 0 Å². The van der Waals surface area contributed by atoms with Gasteiger partial charge in [-0.2, -0.15) is 0 Å². The first-order valence-electron chi connectivity index (χ1n) is 7.82. The number of hydrogen-bond donors (Lipinski definition) is 2. The number of rotatable bonds is 6. The van der Waals surface area contributed by atoms with Crippen molar-refractivity contribution >= 4 is 0 Å². The van der Waals surface area contributed by atoms with Crippen LogP contribution in [0, 0.1) is 0 Å². The lowest BCUT2D eigenvalue weighted by Crippen LogP contribution is -2.30. The number of nitrogens with two attached hydrogens (primary N) is 1. The van der Waals surface area contributed by atoms with Gasteiger partial charge in [-0.05, 0) is 54.4 Å². The lowest BCUT2D eigenvalue weighted by atomic mass is 9.77. The van der Waals surface area contributed by atoms with Crippen LogP contribution in [-0.2, 0) is 6.42 Å². The van der Waals surface area contributed by atoms with E-state index in [1.54, 1.807) is 0 Å². The summed E-state index contributed by atoms with van der Waals surface area (Å²) in [5.74, 6) is 6.56. The van der Waals surface area contributed by atoms with Crippen molar-refractivity contribution in [1.29, 1.82) is 0 Å². The van der Waals surface area contributed by atoms with E-state index in [0.29, 0.717) is 0 Å². The lowest BCUT2D eigenvalue weighted by molar-refractivity contribution is 0.409. The van der Waals surface area contributed by atoms with E-state index in [0.717, 1.165) is 18.8 Å². The number of pyridine rings is 1. The summed E-state index contributed by atoms with van der Waals surface area (Å²) >= 11 is 0. The van der Waals surface area contributed by atoms with E-state index in [4.69, 9.17) is 5.84 Å². The molecule has 1 fully saturated rings. The third kappa shape index (κ3) is 3.31. The molecule has 1 heterocycles. The molecule has 1 aromatic carbocycles. The highest BCUT2D eigenvalue weighted by atomic mass is 15.2. The molecule has 110 valence electrons. The van der Waals surface area contributed by atoms with Crippen LogP contribution in [0.25, 0.3) is 0 Å². The van der Waals surface area contributed by atoms with Crippen LogP contribution in [0.2, 0.25) is 0 Å². The Bertz CT molecular complexity index is 564. The number of hydrogen-bond acceptors (Lipinski definition) is 3. The average Bonchev–Trinajstić information content (AvgIpc) is 2.49. The molecule has 0 radical (unpaired) electrons. The topological polar surface area (TPSA) is 50.9 Å². The summed E-state index contributed by atoms with van der Waals surface area (Å²) in [6.45, 7) is 0. The van der Waals surface area contributed by atoms with Crippen molar-refractivity contribution in [2.75, 3.05) is 0 Å². The second-order valence-corrected chi connectivity index (χ2v) is 5.88. The fourth-order valence-corrected chi connectivity index (χ4v) is 3.10. The molecule has 0 amide bonds. The number of hydrazine groups is 1. The van der Waals surface area contributed by atoms with Crippen LogP contribution >= 0.6 is 0 Å². The number of nitrogens with one attached hydrogen (secondary N) is 1. The van der Waals surface area contributed by atoms with Gasteiger partial charge in [0.15, 0.2) is 0 Å². The van der Waals surface area contributed by atoms with Gasteiger partial charge < -0.3 is 0 Å². The van der Waals surface area contributed by atoms with Gasteiger partial charge in [0.05, 0.1) is 0 Å². The normalized spacial score (nSPS) is 16.4. The molecule has 0 spiro atoms. The summed E-state index contributed by atoms with van der Waals surface area (Å²) in [6, 6.07) is 13.1. The Hall–Kier alpha value is -1.71. The zero-order valence-electron chi connectivity index (χ0n) is 12.3. The van der Waals surface area contributed by atoms with Gasteiger partial charge in [-0.1, -0.05) is 36.8 Å². The molecule has 0 saturated heterocycles. The predicted octanol–water partition coefficient (Wildman–Crippen LogP) is 3.49. The first-order valence-corrected chi connectivity index (χ1v) is 7.82. The Morgan fingerprint density at radius 1 is 1.19 bits per heavy atom. The molecule has 2 aromatic rings. The van der Waals surface area contributed by atoms with Gasteiger partial charge in [-0.15, -0.1) is 0 Å². The quantitative estimate of drug-likeness (QED) is 0.629. The van der Waals surface area contributed by atoms with Crippen molar-refractivity contribution in [2.24, 2.45) is 5.84 Å². The van der Waals surface area contributed by atoms with E-state index in [9.17, 15) is 0 Å². The fraction of sp³-hybridized carbons (Fsp3) is 0.389. The van der Waals surface area contributed by atoms with Crippen LogP contribution in [0.4, 0.5) is 0 Å². The van der Waals surface area contributed by atoms with Crippen molar-refractivity contribution in [2.45, 2.75) is 44.1 Å². The van der Waals surface area contributed by atoms with Crippen molar-refractivity contribution in [1.82, 2.24) is 10.4 Å². The maximum Gasteiger partial charge on any atom is 0.0466 e. The van der Waals surface area contributed by atoms with E-state index < -0.39 is 0 Å². The molecule has 1 aliphatic rings. The minimum atomic E-state index is 0.210. The van der Waals surface area contributed by atoms with Crippen LogP contribution in [0.1, 0.15) is 54.3 Å². The molecule has 3 nitrogen and oxygen atoms in total. The summed E-state index contributed by atoms with van der Waals surface area (Å²) in [4.78, 5) is 4.18. The van der Waals surface area contributed by atoms with Gasteiger partial charge in [0.2, 0.25) is 0 Å². The summed E-state index contributed by atoms with van der Waals surface area (Å²) in [6.07, 6.45) is 9.72. The van der Waals surface area contributed by atoms with Crippen LogP contribution < -0.4 is 11.3 Å². The van der Waals surface area contributed by atoms with E-state index >= 15 is 0 Å². The summed E-state index contributed by atoms with van der Waals surface area (Å²) < 4.78 is 0. The lowest BCUT2D eigenvalue weighted by Gasteiger charge is -2.30. The number of aryl methyl sites for hydroxylation is 1. The Morgan fingerprint density at radius 3 is 2.71 bits per heavy atom. The molecule has 1 aliphatic carbocycles. The van der Waals surface area contributed by atoms with Gasteiger partial charge in [-0.25, -0.2) is 0 Å². The molecule has 21 heavy (non-hydrogen) atoms. The number of aromatic nitrogens is 1. The second kappa shape index (κ2) is 6.83. The van der Waals surface area contributed by atoms with Crippen molar-refractivity contribution < 1.29 is 0 Å². The largest absolute Gasteiger partial charge is 0.271 e. The van der Waals surface area contributed by atoms with Crippen molar-refractivity contribution in [3.8, 4) is 0 Å². The molecule has 3 rings (SSSR count). The van der Waals surface area contributed by atoms with E-state index in [1.807, 2.05) is 18.5 Å². The first-order chi connectivity index (χ1) is 10.4. The number of benzene rings is 1. The molecule has 3 heteroatoms. The molecule has 3 N–H and O–H groups in total. The minimum absolute atomic E-state index is 0.210. The Balaban J connectivity index is 1.73. The third-order valence-electron chi connectivity index (χ3n) is 4.56. The molecule has 0 aliphatic heterocycles. The van der Waals surface area contributed by atoms with Gasteiger partial charge >= 0.3 is 0 Å². The maximum absolute atomic E-state index is 5.83. The van der Waals surface area contributed by atoms with Gasteiger partial charge in [-0.3, -0.25) is 16.3 Å². The van der Waals surface area contributed by atoms with Crippen LogP contribution in [0.15, 0.2) is 48.8 Å². The van der Waals surface area contributed by atoms with Gasteiger partial charge in [0, 0.05) is 18.4 Å². The zero-order chi connectivity index (χ0) is 14.5. The highest BCUT2D eigenvalue weighted by molar-refractivity contribution is 5.34. The SMILES string of the molecule is NNC(CCc1cccnc1)c1ccccc1C1CCC1. The predicted molar refractivity (Wildman–Crippen MR) is 85.7 cm³/mol. The Kier molecular flexibility index (Phi) is 4.63. The third-order valence-corrected chi connectivity index (χ3v) is 4.56. The highest BCUT2D eigenvalue weighted by Crippen LogP contribution is 2.39. The van der Waals surface area contributed by atoms with E-state index in [2.05, 4.69) is 40.7 Å². The smallest absolute Gasteiger partial charge is 0.0466 e. The van der Waals surface area contributed by atoms with Gasteiger partial charge in [0.25, 0.3) is 0 Å². The monoisotopic (exact) mass is 281 g/mol. The first kappa shape index (κ1) is 14.2. The van der Waals surface area contributed by atoms with Gasteiger partial charge in [0.1, 0.15) is 0 Å². The fourth-order valence-electron chi connectivity index (χ4n) is 3.10. The van der Waals surface area contributed by atoms with E-state index in [1.165, 1.54) is 36.0 Å². The Labute approximate surface area is 126 Å². The van der Waals surface area contributed by atoms with Crippen LogP contribution in [0.3, 0.4) is 0 Å². The summed E-state index contributed by atoms with van der Waals surface area (Å²) in [5, 5.41) is 0.